The Morgan fingerprint density at radius 2 is 1.96 bits per heavy atom. The van der Waals surface area contributed by atoms with E-state index in [0.717, 1.165) is 43.7 Å². The summed E-state index contributed by atoms with van der Waals surface area (Å²) in [6.07, 6.45) is 1.93. The number of aryl methyl sites for hydroxylation is 1. The molecule has 140 valence electrons. The SMILES string of the molecule is CCNC(=NCC(C)N(CC)CC)N(C)Cc1cc(Cl)cn1C.I. The molecular formula is C17H33ClIN5. The van der Waals surface area contributed by atoms with Gasteiger partial charge in [-0.05, 0) is 33.0 Å². The largest absolute Gasteiger partial charge is 0.357 e. The number of aliphatic imine (C=N–C) groups is 1. The van der Waals surface area contributed by atoms with E-state index in [-0.39, 0.29) is 24.0 Å². The van der Waals surface area contributed by atoms with Gasteiger partial charge in [-0.3, -0.25) is 9.89 Å². The molecule has 0 aliphatic rings. The normalized spacial score (nSPS) is 12.9. The number of guanidine groups is 1. The van der Waals surface area contributed by atoms with Gasteiger partial charge in [-0.2, -0.15) is 0 Å². The first kappa shape index (κ1) is 23.5. The highest BCUT2D eigenvalue weighted by Gasteiger charge is 2.12. The maximum atomic E-state index is 6.07. The molecular weight excluding hydrogens is 437 g/mol. The number of hydrogen-bond donors (Lipinski definition) is 1. The highest BCUT2D eigenvalue weighted by atomic mass is 127. The molecule has 0 amide bonds. The summed E-state index contributed by atoms with van der Waals surface area (Å²) in [7, 11) is 4.08. The first-order valence-electron chi connectivity index (χ1n) is 8.47. The number of aromatic nitrogens is 1. The smallest absolute Gasteiger partial charge is 0.194 e. The van der Waals surface area contributed by atoms with Crippen LogP contribution in [0.2, 0.25) is 5.02 Å². The van der Waals surface area contributed by atoms with E-state index in [2.05, 4.69) is 54.4 Å². The molecule has 0 saturated carbocycles. The highest BCUT2D eigenvalue weighted by Crippen LogP contribution is 2.14. The molecule has 0 bridgehead atoms. The Balaban J connectivity index is 0.00000529. The quantitative estimate of drug-likeness (QED) is 0.360. The first-order valence-corrected chi connectivity index (χ1v) is 8.84. The van der Waals surface area contributed by atoms with E-state index in [4.69, 9.17) is 16.6 Å². The van der Waals surface area contributed by atoms with Crippen molar-refractivity contribution in [3.8, 4) is 0 Å². The Labute approximate surface area is 169 Å². The molecule has 1 heterocycles. The van der Waals surface area contributed by atoms with Crippen molar-refractivity contribution in [1.29, 1.82) is 0 Å². The van der Waals surface area contributed by atoms with Crippen LogP contribution in [-0.4, -0.2) is 59.6 Å². The summed E-state index contributed by atoms with van der Waals surface area (Å²) in [4.78, 5) is 9.37. The fraction of sp³-hybridized carbons (Fsp3) is 0.706. The van der Waals surface area contributed by atoms with Gasteiger partial charge in [0.2, 0.25) is 0 Å². The number of likely N-dealkylation sites (N-methyl/N-ethyl adjacent to an activating group) is 1. The van der Waals surface area contributed by atoms with Crippen LogP contribution in [0.1, 0.15) is 33.4 Å². The van der Waals surface area contributed by atoms with E-state index in [1.807, 2.05) is 19.3 Å². The molecule has 24 heavy (non-hydrogen) atoms. The van der Waals surface area contributed by atoms with Crippen molar-refractivity contribution in [2.75, 3.05) is 33.2 Å². The molecule has 0 saturated heterocycles. The standard InChI is InChI=1S/C17H32ClN5.HI/c1-7-19-17(20-11-14(4)23(8-2)9-3)22(6)13-16-10-15(18)12-21(16)5;/h10,12,14H,7-9,11,13H2,1-6H3,(H,19,20);1H. The maximum Gasteiger partial charge on any atom is 0.194 e. The second kappa shape index (κ2) is 12.0. The summed E-state index contributed by atoms with van der Waals surface area (Å²) in [5.41, 5.74) is 1.17. The Morgan fingerprint density at radius 1 is 1.33 bits per heavy atom. The van der Waals surface area contributed by atoms with Gasteiger partial charge in [-0.15, -0.1) is 24.0 Å². The molecule has 1 aromatic heterocycles. The number of hydrogen-bond acceptors (Lipinski definition) is 2. The molecule has 5 nitrogen and oxygen atoms in total. The Hall–Kier alpha value is -0.470. The third-order valence-electron chi connectivity index (χ3n) is 4.11. The second-order valence-electron chi connectivity index (χ2n) is 5.88. The predicted octanol–water partition coefficient (Wildman–Crippen LogP) is 3.42. The zero-order chi connectivity index (χ0) is 17.4. The third kappa shape index (κ3) is 7.19. The summed E-state index contributed by atoms with van der Waals surface area (Å²) < 4.78 is 2.06. The lowest BCUT2D eigenvalue weighted by atomic mass is 10.3. The first-order chi connectivity index (χ1) is 10.9. The van der Waals surface area contributed by atoms with Gasteiger partial charge in [0, 0.05) is 38.6 Å². The molecule has 1 unspecified atom stereocenters. The van der Waals surface area contributed by atoms with Gasteiger partial charge in [0.05, 0.1) is 18.1 Å². The zero-order valence-electron chi connectivity index (χ0n) is 15.8. The number of nitrogens with zero attached hydrogens (tertiary/aromatic N) is 4. The molecule has 0 aromatic carbocycles. The van der Waals surface area contributed by atoms with Crippen LogP contribution in [0.3, 0.4) is 0 Å². The molecule has 0 aliphatic carbocycles. The third-order valence-corrected chi connectivity index (χ3v) is 4.32. The van der Waals surface area contributed by atoms with Crippen molar-refractivity contribution in [2.24, 2.45) is 12.0 Å². The van der Waals surface area contributed by atoms with Gasteiger partial charge < -0.3 is 14.8 Å². The van der Waals surface area contributed by atoms with Gasteiger partial charge in [0.25, 0.3) is 0 Å². The van der Waals surface area contributed by atoms with E-state index < -0.39 is 0 Å². The molecule has 0 spiro atoms. The van der Waals surface area contributed by atoms with Crippen molar-refractivity contribution in [1.82, 2.24) is 19.7 Å². The van der Waals surface area contributed by atoms with Gasteiger partial charge in [-0.1, -0.05) is 25.4 Å². The monoisotopic (exact) mass is 469 g/mol. The minimum absolute atomic E-state index is 0. The fourth-order valence-electron chi connectivity index (χ4n) is 2.69. The van der Waals surface area contributed by atoms with Gasteiger partial charge >= 0.3 is 0 Å². The topological polar surface area (TPSA) is 35.8 Å². The molecule has 1 rings (SSSR count). The minimum atomic E-state index is 0. The summed E-state index contributed by atoms with van der Waals surface area (Å²) in [5, 5.41) is 4.15. The highest BCUT2D eigenvalue weighted by molar-refractivity contribution is 14.0. The average Bonchev–Trinajstić information content (AvgIpc) is 2.82. The van der Waals surface area contributed by atoms with Crippen LogP contribution >= 0.6 is 35.6 Å². The Bertz CT molecular complexity index is 499. The minimum Gasteiger partial charge on any atom is -0.357 e. The zero-order valence-corrected chi connectivity index (χ0v) is 18.9. The lowest BCUT2D eigenvalue weighted by Gasteiger charge is -2.27. The van der Waals surface area contributed by atoms with Crippen molar-refractivity contribution < 1.29 is 0 Å². The maximum absolute atomic E-state index is 6.07. The van der Waals surface area contributed by atoms with E-state index in [0.29, 0.717) is 6.04 Å². The van der Waals surface area contributed by atoms with Gasteiger partial charge in [0.1, 0.15) is 0 Å². The van der Waals surface area contributed by atoms with Gasteiger partial charge in [-0.25, -0.2) is 0 Å². The van der Waals surface area contributed by atoms with E-state index in [1.54, 1.807) is 0 Å². The number of nitrogens with one attached hydrogen (secondary N) is 1. The van der Waals surface area contributed by atoms with Crippen LogP contribution in [0.4, 0.5) is 0 Å². The molecule has 7 heteroatoms. The lowest BCUT2D eigenvalue weighted by Crippen LogP contribution is -2.41. The van der Waals surface area contributed by atoms with Crippen molar-refractivity contribution in [3.05, 3.63) is 23.0 Å². The van der Waals surface area contributed by atoms with Gasteiger partial charge in [0.15, 0.2) is 5.96 Å². The summed E-state index contributed by atoms with van der Waals surface area (Å²) in [6, 6.07) is 2.44. The van der Waals surface area contributed by atoms with E-state index in [9.17, 15) is 0 Å². The molecule has 1 N–H and O–H groups in total. The van der Waals surface area contributed by atoms with Crippen LogP contribution in [0.5, 0.6) is 0 Å². The van der Waals surface area contributed by atoms with E-state index >= 15 is 0 Å². The molecule has 1 aromatic rings. The van der Waals surface area contributed by atoms with Crippen molar-refractivity contribution in [2.45, 2.75) is 40.3 Å². The fourth-order valence-corrected chi connectivity index (χ4v) is 2.96. The molecule has 0 fully saturated rings. The second-order valence-corrected chi connectivity index (χ2v) is 6.32. The number of rotatable bonds is 8. The predicted molar refractivity (Wildman–Crippen MR) is 116 cm³/mol. The van der Waals surface area contributed by atoms with E-state index in [1.165, 1.54) is 5.69 Å². The molecule has 1 atom stereocenters. The summed E-state index contributed by atoms with van der Waals surface area (Å²) >= 11 is 6.07. The van der Waals surface area contributed by atoms with Crippen molar-refractivity contribution in [3.63, 3.8) is 0 Å². The van der Waals surface area contributed by atoms with Crippen LogP contribution in [0, 0.1) is 0 Å². The van der Waals surface area contributed by atoms with Crippen molar-refractivity contribution >= 4 is 41.5 Å². The Morgan fingerprint density at radius 3 is 2.42 bits per heavy atom. The van der Waals surface area contributed by atoms with Crippen LogP contribution in [-0.2, 0) is 13.6 Å². The van der Waals surface area contributed by atoms with Crippen LogP contribution < -0.4 is 5.32 Å². The molecule has 0 aliphatic heterocycles. The summed E-state index contributed by atoms with van der Waals surface area (Å²) in [5.74, 6) is 0.934. The Kier molecular flexibility index (Phi) is 11.7. The average molecular weight is 470 g/mol. The molecule has 0 radical (unpaired) electrons. The van der Waals surface area contributed by atoms with Crippen LogP contribution in [0.25, 0.3) is 0 Å². The van der Waals surface area contributed by atoms with Crippen LogP contribution in [0.15, 0.2) is 17.3 Å². The lowest BCUT2D eigenvalue weighted by molar-refractivity contribution is 0.236. The number of halogens is 2. The summed E-state index contributed by atoms with van der Waals surface area (Å²) in [6.45, 7) is 13.3.